The van der Waals surface area contributed by atoms with Crippen LogP contribution < -0.4 is 0 Å². The lowest BCUT2D eigenvalue weighted by atomic mass is 9.83. The van der Waals surface area contributed by atoms with Crippen LogP contribution in [0.1, 0.15) is 48.0 Å². The average Bonchev–Trinajstić information content (AvgIpc) is 3.29. The first-order valence-corrected chi connectivity index (χ1v) is 11.0. The molecule has 9 heteroatoms. The van der Waals surface area contributed by atoms with Gasteiger partial charge in [-0.25, -0.2) is 4.79 Å². The summed E-state index contributed by atoms with van der Waals surface area (Å²) in [5.74, 6) is -4.06. The van der Waals surface area contributed by atoms with Crippen molar-refractivity contribution in [3.8, 4) is 0 Å². The molecule has 1 saturated heterocycles. The molecule has 0 aliphatic carbocycles. The second-order valence-electron chi connectivity index (χ2n) is 7.85. The van der Waals surface area contributed by atoms with Gasteiger partial charge >= 0.3 is 11.9 Å². The molecule has 1 aromatic carbocycles. The second-order valence-corrected chi connectivity index (χ2v) is 9.64. The summed E-state index contributed by atoms with van der Waals surface area (Å²) < 4.78 is 0. The first-order chi connectivity index (χ1) is 14.1. The molecule has 1 aliphatic heterocycles. The summed E-state index contributed by atoms with van der Waals surface area (Å²) >= 11 is 13.4. The Bertz CT molecular complexity index is 978. The maximum atomic E-state index is 13.7. The van der Waals surface area contributed by atoms with Crippen LogP contribution in [0.5, 0.6) is 0 Å². The Kier molecular flexibility index (Phi) is 6.45. The smallest absolute Gasteiger partial charge is 0.329 e. The van der Waals surface area contributed by atoms with Crippen LogP contribution in [0.2, 0.25) is 10.0 Å². The van der Waals surface area contributed by atoms with Crippen LogP contribution in [0.15, 0.2) is 35.7 Å². The van der Waals surface area contributed by atoms with E-state index in [4.69, 9.17) is 23.2 Å². The maximum absolute atomic E-state index is 13.7. The fourth-order valence-electron chi connectivity index (χ4n) is 4.25. The summed E-state index contributed by atoms with van der Waals surface area (Å²) in [4.78, 5) is 40.3. The van der Waals surface area contributed by atoms with Crippen molar-refractivity contribution in [2.24, 2.45) is 11.8 Å². The van der Waals surface area contributed by atoms with Gasteiger partial charge in [0.2, 0.25) is 0 Å². The van der Waals surface area contributed by atoms with Crippen LogP contribution in [0.4, 0.5) is 0 Å². The number of amides is 1. The highest BCUT2D eigenvalue weighted by Crippen LogP contribution is 2.51. The normalized spacial score (nSPS) is 23.7. The minimum absolute atomic E-state index is 0.0817. The number of thiophene rings is 1. The van der Waals surface area contributed by atoms with Crippen LogP contribution in [0, 0.1) is 11.8 Å². The van der Waals surface area contributed by atoms with E-state index in [1.165, 1.54) is 34.4 Å². The number of carbonyl (C=O) groups excluding carboxylic acids is 1. The van der Waals surface area contributed by atoms with Crippen LogP contribution >= 0.6 is 34.5 Å². The molecule has 2 N–H and O–H groups in total. The first kappa shape index (κ1) is 22.6. The van der Waals surface area contributed by atoms with Crippen molar-refractivity contribution < 1.29 is 24.6 Å². The fraction of sp³-hybridized carbons (Fsp3) is 0.381. The minimum atomic E-state index is -1.66. The third kappa shape index (κ3) is 3.94. The number of hydrogen-bond donors (Lipinski definition) is 2. The van der Waals surface area contributed by atoms with Crippen LogP contribution in [0.3, 0.4) is 0 Å². The van der Waals surface area contributed by atoms with Gasteiger partial charge in [0.05, 0.1) is 22.0 Å². The van der Waals surface area contributed by atoms with E-state index < -0.39 is 35.3 Å². The Morgan fingerprint density at radius 1 is 1.20 bits per heavy atom. The highest BCUT2D eigenvalue weighted by molar-refractivity contribution is 7.10. The predicted molar refractivity (Wildman–Crippen MR) is 115 cm³/mol. The number of likely N-dealkylation sites (tertiary alicyclic amines) is 1. The van der Waals surface area contributed by atoms with Crippen LogP contribution in [-0.2, 0) is 9.59 Å². The van der Waals surface area contributed by atoms with Crippen molar-refractivity contribution in [2.75, 3.05) is 0 Å². The van der Waals surface area contributed by atoms with E-state index in [0.29, 0.717) is 4.88 Å². The number of halogens is 2. The van der Waals surface area contributed by atoms with Gasteiger partial charge in [-0.3, -0.25) is 9.59 Å². The van der Waals surface area contributed by atoms with Crippen molar-refractivity contribution >= 4 is 52.4 Å². The molecule has 0 radical (unpaired) electrons. The van der Waals surface area contributed by atoms with E-state index in [1.54, 1.807) is 17.5 Å². The molecule has 0 bridgehead atoms. The molecule has 160 valence electrons. The van der Waals surface area contributed by atoms with E-state index in [1.807, 2.05) is 13.8 Å². The number of aliphatic carboxylic acids is 2. The molecule has 1 fully saturated rings. The maximum Gasteiger partial charge on any atom is 0.329 e. The fourth-order valence-corrected chi connectivity index (χ4v) is 5.43. The third-order valence-corrected chi connectivity index (χ3v) is 7.04. The lowest BCUT2D eigenvalue weighted by Gasteiger charge is -2.39. The Morgan fingerprint density at radius 3 is 2.40 bits per heavy atom. The van der Waals surface area contributed by atoms with Gasteiger partial charge in [0.25, 0.3) is 5.91 Å². The molecule has 2 aromatic rings. The summed E-state index contributed by atoms with van der Waals surface area (Å²) in [5.41, 5.74) is -1.50. The van der Waals surface area contributed by atoms with Crippen molar-refractivity contribution in [3.05, 3.63) is 56.2 Å². The predicted octanol–water partition coefficient (Wildman–Crippen LogP) is 5.21. The van der Waals surface area contributed by atoms with Gasteiger partial charge in [0.15, 0.2) is 0 Å². The number of rotatable bonds is 6. The Labute approximate surface area is 188 Å². The van der Waals surface area contributed by atoms with Gasteiger partial charge in [-0.15, -0.1) is 11.3 Å². The molecular formula is C21H21Cl2NO5S. The second kappa shape index (κ2) is 8.57. The number of carboxylic acid groups (broad SMARTS) is 2. The van der Waals surface area contributed by atoms with Gasteiger partial charge in [-0.2, -0.15) is 0 Å². The highest BCUT2D eigenvalue weighted by Gasteiger charge is 2.61. The number of nitrogens with zero attached hydrogens (tertiary/aromatic N) is 1. The zero-order valence-corrected chi connectivity index (χ0v) is 18.7. The van der Waals surface area contributed by atoms with Crippen molar-refractivity contribution in [1.82, 2.24) is 4.90 Å². The summed E-state index contributed by atoms with van der Waals surface area (Å²) in [7, 11) is 0. The highest BCUT2D eigenvalue weighted by atomic mass is 35.5. The standard InChI is InChI=1S/C21H21Cl2NO5S/c1-11(2)9-21(20(28)29)10-13(19(26)27)17(16-4-3-7-30-16)24(21)18(25)12-5-6-14(22)15(23)8-12/h3-8,11,13,17H,9-10H2,1-2H3,(H,26,27)(H,28,29). The third-order valence-electron chi connectivity index (χ3n) is 5.36. The summed E-state index contributed by atoms with van der Waals surface area (Å²) in [6, 6.07) is 6.90. The quantitative estimate of drug-likeness (QED) is 0.604. The molecule has 3 unspecified atom stereocenters. The number of benzene rings is 1. The SMILES string of the molecule is CC(C)CC1(C(=O)O)CC(C(=O)O)C(c2cccs2)N1C(=O)c1ccc(Cl)c(Cl)c1. The molecular weight excluding hydrogens is 449 g/mol. The monoisotopic (exact) mass is 469 g/mol. The summed E-state index contributed by atoms with van der Waals surface area (Å²) in [5, 5.41) is 22.4. The average molecular weight is 470 g/mol. The summed E-state index contributed by atoms with van der Waals surface area (Å²) in [6.45, 7) is 3.70. The van der Waals surface area contributed by atoms with Gasteiger partial charge in [0, 0.05) is 10.4 Å². The molecule has 1 aliphatic rings. The molecule has 0 saturated carbocycles. The zero-order valence-electron chi connectivity index (χ0n) is 16.3. The molecule has 2 heterocycles. The minimum Gasteiger partial charge on any atom is -0.481 e. The lowest BCUT2D eigenvalue weighted by Crippen LogP contribution is -2.54. The van der Waals surface area contributed by atoms with E-state index in [2.05, 4.69) is 0 Å². The van der Waals surface area contributed by atoms with E-state index >= 15 is 0 Å². The van der Waals surface area contributed by atoms with E-state index in [-0.39, 0.29) is 34.4 Å². The first-order valence-electron chi connectivity index (χ1n) is 9.37. The van der Waals surface area contributed by atoms with Crippen molar-refractivity contribution in [3.63, 3.8) is 0 Å². The molecule has 0 spiro atoms. The molecule has 1 amide bonds. The van der Waals surface area contributed by atoms with Crippen LogP contribution in [0.25, 0.3) is 0 Å². The van der Waals surface area contributed by atoms with Crippen LogP contribution in [-0.4, -0.2) is 38.5 Å². The Hall–Kier alpha value is -2.09. The summed E-state index contributed by atoms with van der Waals surface area (Å²) in [6.07, 6.45) is -0.0491. The zero-order chi connectivity index (χ0) is 22.2. The van der Waals surface area contributed by atoms with Gasteiger partial charge in [0.1, 0.15) is 5.54 Å². The Balaban J connectivity index is 2.23. The van der Waals surface area contributed by atoms with Gasteiger partial charge in [-0.05, 0) is 48.4 Å². The van der Waals surface area contributed by atoms with Gasteiger partial charge < -0.3 is 15.1 Å². The molecule has 1 aromatic heterocycles. The lowest BCUT2D eigenvalue weighted by molar-refractivity contribution is -0.150. The van der Waals surface area contributed by atoms with Crippen molar-refractivity contribution in [1.29, 1.82) is 0 Å². The molecule has 30 heavy (non-hydrogen) atoms. The van der Waals surface area contributed by atoms with E-state index in [9.17, 15) is 24.6 Å². The topological polar surface area (TPSA) is 94.9 Å². The molecule has 3 atom stereocenters. The number of carboxylic acids is 2. The molecule has 3 rings (SSSR count). The largest absolute Gasteiger partial charge is 0.481 e. The number of hydrogen-bond acceptors (Lipinski definition) is 4. The molecule has 6 nitrogen and oxygen atoms in total. The van der Waals surface area contributed by atoms with Gasteiger partial charge in [-0.1, -0.05) is 43.1 Å². The van der Waals surface area contributed by atoms with E-state index in [0.717, 1.165) is 0 Å². The number of carbonyl (C=O) groups is 3. The van der Waals surface area contributed by atoms with Crippen molar-refractivity contribution in [2.45, 2.75) is 38.3 Å². The Morgan fingerprint density at radius 2 is 1.90 bits per heavy atom.